The van der Waals surface area contributed by atoms with Crippen molar-refractivity contribution in [3.8, 4) is 5.75 Å². The van der Waals surface area contributed by atoms with E-state index in [9.17, 15) is 4.79 Å². The molecule has 0 saturated heterocycles. The molecule has 0 atom stereocenters. The molecule has 0 unspecified atom stereocenters. The number of guanidine groups is 1. The second kappa shape index (κ2) is 12.6. The number of nitrogens with zero attached hydrogens (tertiary/aromatic N) is 1. The number of ether oxygens (including phenoxy) is 1. The molecule has 152 valence electrons. The summed E-state index contributed by atoms with van der Waals surface area (Å²) in [6.45, 7) is 3.02. The number of para-hydroxylation sites is 1. The molecule has 0 aliphatic rings. The molecule has 2 rings (SSSR count). The molecular weight excluding hydrogens is 535 g/mol. The zero-order chi connectivity index (χ0) is 19.6. The van der Waals surface area contributed by atoms with Crippen LogP contribution in [0, 0.1) is 6.92 Å². The van der Waals surface area contributed by atoms with Gasteiger partial charge in [0.1, 0.15) is 5.75 Å². The maximum Gasteiger partial charge on any atom is 0.226 e. The second-order valence-electron chi connectivity index (χ2n) is 5.92. The molecule has 0 spiro atoms. The number of benzene rings is 2. The van der Waals surface area contributed by atoms with Gasteiger partial charge in [-0.25, -0.2) is 0 Å². The van der Waals surface area contributed by atoms with E-state index in [1.165, 1.54) is 0 Å². The third-order valence-corrected chi connectivity index (χ3v) is 4.47. The summed E-state index contributed by atoms with van der Waals surface area (Å²) in [6.07, 6.45) is 0.335. The van der Waals surface area contributed by atoms with Crippen molar-refractivity contribution in [1.82, 2.24) is 10.6 Å². The van der Waals surface area contributed by atoms with Gasteiger partial charge in [0, 0.05) is 42.3 Å². The Morgan fingerprint density at radius 3 is 2.64 bits per heavy atom. The van der Waals surface area contributed by atoms with Crippen molar-refractivity contribution in [2.75, 3.05) is 26.0 Å². The van der Waals surface area contributed by atoms with E-state index in [0.29, 0.717) is 25.5 Å². The van der Waals surface area contributed by atoms with Crippen molar-refractivity contribution in [2.24, 2.45) is 4.99 Å². The number of halogens is 2. The predicted octanol–water partition coefficient (Wildman–Crippen LogP) is 4.08. The van der Waals surface area contributed by atoms with Gasteiger partial charge >= 0.3 is 0 Å². The van der Waals surface area contributed by atoms with Gasteiger partial charge in [0.25, 0.3) is 0 Å². The fourth-order valence-electron chi connectivity index (χ4n) is 2.48. The van der Waals surface area contributed by atoms with Gasteiger partial charge in [0.2, 0.25) is 5.91 Å². The van der Waals surface area contributed by atoms with E-state index in [2.05, 4.69) is 36.9 Å². The van der Waals surface area contributed by atoms with Crippen LogP contribution in [0.1, 0.15) is 17.5 Å². The van der Waals surface area contributed by atoms with E-state index in [-0.39, 0.29) is 29.9 Å². The maximum atomic E-state index is 12.2. The van der Waals surface area contributed by atoms with Crippen molar-refractivity contribution in [1.29, 1.82) is 0 Å². The van der Waals surface area contributed by atoms with Crippen molar-refractivity contribution in [2.45, 2.75) is 19.9 Å². The summed E-state index contributed by atoms with van der Waals surface area (Å²) >= 11 is 3.42. The van der Waals surface area contributed by atoms with Crippen LogP contribution in [-0.2, 0) is 11.3 Å². The molecule has 2 aromatic rings. The first-order valence-electron chi connectivity index (χ1n) is 8.66. The van der Waals surface area contributed by atoms with E-state index in [1.54, 1.807) is 14.2 Å². The fourth-order valence-corrected chi connectivity index (χ4v) is 2.85. The molecule has 0 heterocycles. The zero-order valence-corrected chi connectivity index (χ0v) is 20.1. The van der Waals surface area contributed by atoms with Gasteiger partial charge < -0.3 is 20.7 Å². The lowest BCUT2D eigenvalue weighted by atomic mass is 10.2. The first-order valence-corrected chi connectivity index (χ1v) is 9.45. The average molecular weight is 561 g/mol. The van der Waals surface area contributed by atoms with Crippen molar-refractivity contribution in [3.05, 3.63) is 58.1 Å². The van der Waals surface area contributed by atoms with E-state index in [4.69, 9.17) is 4.74 Å². The van der Waals surface area contributed by atoms with Gasteiger partial charge in [-0.15, -0.1) is 24.0 Å². The molecule has 2 aromatic carbocycles. The largest absolute Gasteiger partial charge is 0.496 e. The summed E-state index contributed by atoms with van der Waals surface area (Å²) in [5.41, 5.74) is 2.87. The van der Waals surface area contributed by atoms with Crippen molar-refractivity contribution >= 4 is 57.5 Å². The minimum Gasteiger partial charge on any atom is -0.496 e. The third-order valence-electron chi connectivity index (χ3n) is 3.98. The number of aryl methyl sites for hydroxylation is 1. The SMILES string of the molecule is CN=C(NCCC(=O)Nc1cc(Br)ccc1C)NCc1ccccc1OC.I. The highest BCUT2D eigenvalue weighted by atomic mass is 127. The van der Waals surface area contributed by atoms with Crippen LogP contribution in [0.2, 0.25) is 0 Å². The minimum atomic E-state index is -0.0520. The van der Waals surface area contributed by atoms with Crippen LogP contribution < -0.4 is 20.7 Å². The zero-order valence-electron chi connectivity index (χ0n) is 16.2. The molecule has 8 heteroatoms. The molecule has 0 bridgehead atoms. The Kier molecular flexibility index (Phi) is 10.9. The molecule has 0 saturated carbocycles. The number of hydrogen-bond acceptors (Lipinski definition) is 3. The Morgan fingerprint density at radius 1 is 1.18 bits per heavy atom. The molecule has 28 heavy (non-hydrogen) atoms. The number of anilines is 1. The first kappa shape index (κ1) is 24.2. The van der Waals surface area contributed by atoms with Gasteiger partial charge in [0.15, 0.2) is 5.96 Å². The molecule has 3 N–H and O–H groups in total. The number of amides is 1. The molecule has 1 amide bonds. The number of carbonyl (C=O) groups is 1. The smallest absolute Gasteiger partial charge is 0.226 e. The Hall–Kier alpha value is -1.81. The van der Waals surface area contributed by atoms with Crippen LogP contribution >= 0.6 is 39.9 Å². The van der Waals surface area contributed by atoms with Crippen LogP contribution in [0.4, 0.5) is 5.69 Å². The van der Waals surface area contributed by atoms with Gasteiger partial charge in [-0.3, -0.25) is 9.79 Å². The monoisotopic (exact) mass is 560 g/mol. The van der Waals surface area contributed by atoms with Gasteiger partial charge in [-0.2, -0.15) is 0 Å². The van der Waals surface area contributed by atoms with Crippen LogP contribution in [0.5, 0.6) is 5.75 Å². The topological polar surface area (TPSA) is 74.8 Å². The molecule has 0 aromatic heterocycles. The highest BCUT2D eigenvalue weighted by Gasteiger charge is 2.07. The Morgan fingerprint density at radius 2 is 1.93 bits per heavy atom. The van der Waals surface area contributed by atoms with Crippen LogP contribution in [-0.4, -0.2) is 32.6 Å². The van der Waals surface area contributed by atoms with Crippen LogP contribution in [0.15, 0.2) is 51.9 Å². The summed E-state index contributed by atoms with van der Waals surface area (Å²) < 4.78 is 6.27. The van der Waals surface area contributed by atoms with Crippen molar-refractivity contribution < 1.29 is 9.53 Å². The summed E-state index contributed by atoms with van der Waals surface area (Å²) in [4.78, 5) is 16.3. The van der Waals surface area contributed by atoms with Crippen LogP contribution in [0.3, 0.4) is 0 Å². The van der Waals surface area contributed by atoms with E-state index in [0.717, 1.165) is 27.0 Å². The summed E-state index contributed by atoms with van der Waals surface area (Å²) in [7, 11) is 3.35. The Bertz CT molecular complexity index is 815. The lowest BCUT2D eigenvalue weighted by Crippen LogP contribution is -2.38. The quantitative estimate of drug-likeness (QED) is 0.271. The number of methoxy groups -OCH3 is 1. The van der Waals surface area contributed by atoms with Gasteiger partial charge in [-0.1, -0.05) is 40.2 Å². The highest BCUT2D eigenvalue weighted by molar-refractivity contribution is 14.0. The van der Waals surface area contributed by atoms with Gasteiger partial charge in [0.05, 0.1) is 7.11 Å². The number of aliphatic imine (C=N–C) groups is 1. The Labute approximate surface area is 191 Å². The normalized spacial score (nSPS) is 10.6. The molecule has 0 radical (unpaired) electrons. The third kappa shape index (κ3) is 7.67. The first-order chi connectivity index (χ1) is 13.0. The van der Waals surface area contributed by atoms with E-state index >= 15 is 0 Å². The van der Waals surface area contributed by atoms with Gasteiger partial charge in [-0.05, 0) is 30.7 Å². The second-order valence-corrected chi connectivity index (χ2v) is 6.84. The average Bonchev–Trinajstić information content (AvgIpc) is 2.67. The number of carbonyl (C=O) groups excluding carboxylic acids is 1. The summed E-state index contributed by atoms with van der Waals surface area (Å²) in [5.74, 6) is 1.40. The fraction of sp³-hybridized carbons (Fsp3) is 0.300. The highest BCUT2D eigenvalue weighted by Crippen LogP contribution is 2.20. The maximum absolute atomic E-state index is 12.2. The molecule has 0 fully saturated rings. The molecular formula is C20H26BrIN4O2. The molecule has 6 nitrogen and oxygen atoms in total. The lowest BCUT2D eigenvalue weighted by molar-refractivity contribution is -0.116. The number of rotatable bonds is 7. The van der Waals surface area contributed by atoms with E-state index in [1.807, 2.05) is 49.4 Å². The van der Waals surface area contributed by atoms with Crippen molar-refractivity contribution in [3.63, 3.8) is 0 Å². The van der Waals surface area contributed by atoms with E-state index < -0.39 is 0 Å². The minimum absolute atomic E-state index is 0. The summed E-state index contributed by atoms with van der Waals surface area (Å²) in [5, 5.41) is 9.30. The summed E-state index contributed by atoms with van der Waals surface area (Å²) in [6, 6.07) is 13.6. The molecule has 0 aliphatic heterocycles. The number of nitrogens with one attached hydrogen (secondary N) is 3. The predicted molar refractivity (Wildman–Crippen MR) is 129 cm³/mol. The number of hydrogen-bond donors (Lipinski definition) is 3. The van der Waals surface area contributed by atoms with Crippen LogP contribution in [0.25, 0.3) is 0 Å². The standard InChI is InChI=1S/C20H25BrN4O2.HI/c1-14-8-9-16(21)12-17(14)25-19(26)10-11-23-20(22-2)24-13-15-6-4-5-7-18(15)27-3;/h4-9,12H,10-11,13H2,1-3H3,(H,25,26)(H2,22,23,24);1H. The Balaban J connectivity index is 0.00000392. The lowest BCUT2D eigenvalue weighted by Gasteiger charge is -2.14. The molecule has 0 aliphatic carbocycles.